The second kappa shape index (κ2) is 8.00. The quantitative estimate of drug-likeness (QED) is 0.549. The van der Waals surface area contributed by atoms with Crippen LogP contribution in [0, 0.1) is 26.6 Å². The van der Waals surface area contributed by atoms with Gasteiger partial charge in [0.25, 0.3) is 0 Å². The number of aryl methyl sites for hydroxylation is 3. The smallest absolute Gasteiger partial charge is 0.419 e. The topological polar surface area (TPSA) is 66.4 Å². The summed E-state index contributed by atoms with van der Waals surface area (Å²) >= 11 is 0. The number of nitrogens with one attached hydrogen (secondary N) is 1. The Hall–Kier alpha value is -2.90. The van der Waals surface area contributed by atoms with Gasteiger partial charge in [0.2, 0.25) is 6.41 Å². The number of carbonyl (C=O) groups excluding carboxylic acids is 1. The number of amides is 1. The normalized spacial score (nSPS) is 12.5. The summed E-state index contributed by atoms with van der Waals surface area (Å²) in [7, 11) is 0. The van der Waals surface area contributed by atoms with Gasteiger partial charge in [0.05, 0.1) is 18.0 Å². The van der Waals surface area contributed by atoms with Gasteiger partial charge in [-0.1, -0.05) is 17.7 Å². The first-order valence-electron chi connectivity index (χ1n) is 8.36. The fourth-order valence-corrected chi connectivity index (χ4v) is 3.40. The number of hydrogen-bond donors (Lipinski definition) is 2. The minimum absolute atomic E-state index is 0.0989. The van der Waals surface area contributed by atoms with E-state index in [4.69, 9.17) is 5.11 Å². The van der Waals surface area contributed by atoms with Gasteiger partial charge in [-0.2, -0.15) is 13.2 Å². The molecule has 2 aromatic rings. The molecule has 1 amide bonds. The number of rotatable bonds is 6. The molecule has 1 unspecified atom stereocenters. The molecule has 2 rings (SSSR count). The monoisotopic (exact) mass is 397 g/mol. The van der Waals surface area contributed by atoms with Gasteiger partial charge in [0.1, 0.15) is 5.82 Å². The van der Waals surface area contributed by atoms with Crippen molar-refractivity contribution in [3.05, 3.63) is 57.9 Å². The molecule has 2 aromatic carbocycles. The number of alkyl halides is 3. The van der Waals surface area contributed by atoms with E-state index in [1.165, 1.54) is 6.07 Å². The molecule has 1 atom stereocenters. The van der Waals surface area contributed by atoms with Crippen LogP contribution in [0.3, 0.4) is 0 Å². The number of benzene rings is 2. The molecule has 28 heavy (non-hydrogen) atoms. The van der Waals surface area contributed by atoms with Crippen LogP contribution in [-0.2, 0) is 15.8 Å². The Morgan fingerprint density at radius 2 is 1.71 bits per heavy atom. The first-order valence-corrected chi connectivity index (χ1v) is 8.36. The summed E-state index contributed by atoms with van der Waals surface area (Å²) in [4.78, 5) is 21.9. The molecular formula is C20H19F4NO3. The lowest BCUT2D eigenvalue weighted by atomic mass is 9.89. The van der Waals surface area contributed by atoms with Gasteiger partial charge < -0.3 is 10.4 Å². The van der Waals surface area contributed by atoms with E-state index >= 15 is 0 Å². The summed E-state index contributed by atoms with van der Waals surface area (Å²) in [5, 5.41) is 11.1. The van der Waals surface area contributed by atoms with Crippen molar-refractivity contribution >= 4 is 12.4 Å². The summed E-state index contributed by atoms with van der Waals surface area (Å²) in [6.45, 7) is 5.30. The first-order chi connectivity index (χ1) is 13.0. The number of carbonyl (C=O) groups is 2. The molecule has 0 bridgehead atoms. The van der Waals surface area contributed by atoms with E-state index in [-0.39, 0.29) is 12.0 Å². The Labute approximate surface area is 159 Å². The predicted octanol–water partition coefficient (Wildman–Crippen LogP) is 4.70. The molecule has 0 saturated heterocycles. The maximum atomic E-state index is 14.7. The van der Waals surface area contributed by atoms with Crippen molar-refractivity contribution in [2.75, 3.05) is 0 Å². The molecule has 0 spiro atoms. The molecule has 0 aliphatic rings. The van der Waals surface area contributed by atoms with Crippen molar-refractivity contribution in [1.29, 1.82) is 0 Å². The highest BCUT2D eigenvalue weighted by Gasteiger charge is 2.37. The van der Waals surface area contributed by atoms with Crippen LogP contribution >= 0.6 is 0 Å². The number of carboxylic acids is 1. The highest BCUT2D eigenvalue weighted by atomic mass is 19.4. The highest BCUT2D eigenvalue weighted by Crippen LogP contribution is 2.39. The van der Waals surface area contributed by atoms with Crippen molar-refractivity contribution in [3.8, 4) is 11.1 Å². The number of carboxylic acid groups (broad SMARTS) is 1. The standard InChI is InChI=1S/C20H19F4NO3/c1-10-4-11(2)18(12(3)5-10)13-6-14(16(25-9-26)8-17(27)28)19(21)15(7-13)20(22,23)24/h4-7,9,16H,8H2,1-3H3,(H,25,26)(H,27,28). The summed E-state index contributed by atoms with van der Waals surface area (Å²) in [6, 6.07) is 4.01. The van der Waals surface area contributed by atoms with Gasteiger partial charge in [0, 0.05) is 5.56 Å². The fourth-order valence-electron chi connectivity index (χ4n) is 3.40. The van der Waals surface area contributed by atoms with Gasteiger partial charge in [-0.15, -0.1) is 0 Å². The molecule has 0 aliphatic carbocycles. The van der Waals surface area contributed by atoms with Crippen molar-refractivity contribution in [2.45, 2.75) is 39.4 Å². The maximum Gasteiger partial charge on any atom is 0.419 e. The zero-order valence-corrected chi connectivity index (χ0v) is 15.4. The van der Waals surface area contributed by atoms with Crippen LogP contribution in [0.1, 0.15) is 40.3 Å². The lowest BCUT2D eigenvalue weighted by Gasteiger charge is -2.21. The molecule has 2 N–H and O–H groups in total. The van der Waals surface area contributed by atoms with Crippen molar-refractivity contribution in [2.24, 2.45) is 0 Å². The largest absolute Gasteiger partial charge is 0.481 e. The third-order valence-electron chi connectivity index (χ3n) is 4.40. The van der Waals surface area contributed by atoms with Crippen LogP contribution in [0.2, 0.25) is 0 Å². The Balaban J connectivity index is 2.82. The first kappa shape index (κ1) is 21.4. The van der Waals surface area contributed by atoms with Gasteiger partial charge in [-0.25, -0.2) is 4.39 Å². The Bertz CT molecular complexity index is 899. The van der Waals surface area contributed by atoms with E-state index in [0.29, 0.717) is 22.8 Å². The van der Waals surface area contributed by atoms with Crippen LogP contribution in [0.5, 0.6) is 0 Å². The average Bonchev–Trinajstić information content (AvgIpc) is 2.53. The summed E-state index contributed by atoms with van der Waals surface area (Å²) in [5.74, 6) is -2.99. The summed E-state index contributed by atoms with van der Waals surface area (Å²) in [5.41, 5.74) is 0.867. The minimum Gasteiger partial charge on any atom is -0.481 e. The van der Waals surface area contributed by atoms with Crippen molar-refractivity contribution < 1.29 is 32.3 Å². The molecule has 0 heterocycles. The minimum atomic E-state index is -4.99. The zero-order chi connectivity index (χ0) is 21.2. The van der Waals surface area contributed by atoms with Crippen molar-refractivity contribution in [1.82, 2.24) is 5.32 Å². The maximum absolute atomic E-state index is 14.7. The summed E-state index contributed by atoms with van der Waals surface area (Å²) in [6.07, 6.45) is -5.62. The van der Waals surface area contributed by atoms with E-state index < -0.39 is 41.6 Å². The Kier molecular flexibility index (Phi) is 6.11. The van der Waals surface area contributed by atoms with Gasteiger partial charge in [-0.05, 0) is 55.2 Å². The van der Waals surface area contributed by atoms with Gasteiger partial charge in [-0.3, -0.25) is 9.59 Å². The number of halogens is 4. The van der Waals surface area contributed by atoms with Crippen LogP contribution in [0.25, 0.3) is 11.1 Å². The second-order valence-electron chi connectivity index (χ2n) is 6.63. The average molecular weight is 397 g/mol. The van der Waals surface area contributed by atoms with Crippen molar-refractivity contribution in [3.63, 3.8) is 0 Å². The molecule has 0 aliphatic heterocycles. The lowest BCUT2D eigenvalue weighted by molar-refractivity contribution is -0.140. The van der Waals surface area contributed by atoms with Gasteiger partial charge >= 0.3 is 12.1 Å². The van der Waals surface area contributed by atoms with E-state index in [0.717, 1.165) is 5.56 Å². The van der Waals surface area contributed by atoms with E-state index in [2.05, 4.69) is 5.32 Å². The predicted molar refractivity (Wildman–Crippen MR) is 95.2 cm³/mol. The SMILES string of the molecule is Cc1cc(C)c(-c2cc(C(CC(=O)O)NC=O)c(F)c(C(F)(F)F)c2)c(C)c1. The molecule has 4 nitrogen and oxygen atoms in total. The van der Waals surface area contributed by atoms with E-state index in [9.17, 15) is 27.2 Å². The summed E-state index contributed by atoms with van der Waals surface area (Å²) < 4.78 is 55.0. The van der Waals surface area contributed by atoms with Crippen LogP contribution in [0.4, 0.5) is 17.6 Å². The highest BCUT2D eigenvalue weighted by molar-refractivity contribution is 5.74. The third-order valence-corrected chi connectivity index (χ3v) is 4.40. The lowest BCUT2D eigenvalue weighted by Crippen LogP contribution is -2.25. The molecule has 150 valence electrons. The molecule has 0 fully saturated rings. The van der Waals surface area contributed by atoms with E-state index in [1.807, 2.05) is 6.92 Å². The molecule has 0 aromatic heterocycles. The van der Waals surface area contributed by atoms with Crippen LogP contribution in [-0.4, -0.2) is 17.5 Å². The Morgan fingerprint density at radius 1 is 1.14 bits per heavy atom. The number of aliphatic carboxylic acids is 1. The van der Waals surface area contributed by atoms with Crippen LogP contribution in [0.15, 0.2) is 24.3 Å². The fraction of sp³-hybridized carbons (Fsp3) is 0.300. The third kappa shape index (κ3) is 4.49. The second-order valence-corrected chi connectivity index (χ2v) is 6.63. The molecular weight excluding hydrogens is 378 g/mol. The molecule has 0 saturated carbocycles. The number of hydrogen-bond acceptors (Lipinski definition) is 2. The zero-order valence-electron chi connectivity index (χ0n) is 15.4. The van der Waals surface area contributed by atoms with Gasteiger partial charge in [0.15, 0.2) is 0 Å². The molecule has 8 heteroatoms. The molecule has 0 radical (unpaired) electrons. The van der Waals surface area contributed by atoms with E-state index in [1.54, 1.807) is 26.0 Å². The van der Waals surface area contributed by atoms with Crippen LogP contribution < -0.4 is 5.32 Å². The Morgan fingerprint density at radius 3 is 2.18 bits per heavy atom.